The van der Waals surface area contributed by atoms with Gasteiger partial charge in [0.05, 0.1) is 0 Å². The molecule has 0 saturated heterocycles. The number of benzene rings is 2. The summed E-state index contributed by atoms with van der Waals surface area (Å²) >= 11 is 0. The summed E-state index contributed by atoms with van der Waals surface area (Å²) in [6, 6.07) is 21.4. The van der Waals surface area contributed by atoms with Gasteiger partial charge in [-0.1, -0.05) is 49.4 Å². The summed E-state index contributed by atoms with van der Waals surface area (Å²) in [5.41, 5.74) is 2.47. The van der Waals surface area contributed by atoms with E-state index in [0.29, 0.717) is 0 Å². The van der Waals surface area contributed by atoms with Crippen molar-refractivity contribution in [3.63, 3.8) is 0 Å². The van der Waals surface area contributed by atoms with E-state index in [-0.39, 0.29) is 113 Å². The molecule has 0 fully saturated rings. The zero-order chi connectivity index (χ0) is 12.5. The van der Waals surface area contributed by atoms with Crippen molar-refractivity contribution in [2.45, 2.75) is 6.92 Å². The van der Waals surface area contributed by atoms with Crippen LogP contribution in [0.1, 0.15) is 6.92 Å². The first kappa shape index (κ1) is 34.9. The molecule has 0 unspecified atom stereocenters. The van der Waals surface area contributed by atoms with Gasteiger partial charge in [-0.15, -0.1) is 5.56 Å². The van der Waals surface area contributed by atoms with Crippen LogP contribution in [0.5, 0.6) is 0 Å². The average Bonchev–Trinajstić information content (AvgIpc) is 2.41. The molecule has 3 radical (unpaired) electrons. The molecule has 0 spiro atoms. The fourth-order valence-corrected chi connectivity index (χ4v) is 1.20. The molecule has 0 bridgehead atoms. The van der Waals surface area contributed by atoms with Crippen molar-refractivity contribution in [1.82, 2.24) is 4.90 Å². The van der Waals surface area contributed by atoms with Gasteiger partial charge < -0.3 is 33.8 Å². The predicted molar refractivity (Wildman–Crippen MR) is 86.6 cm³/mol. The Morgan fingerprint density at radius 3 is 1.68 bits per heavy atom. The number of hydrogen-bond donors (Lipinski definition) is 0. The topological polar surface area (TPSA) is 3.24 Å². The number of rotatable bonds is 2. The van der Waals surface area contributed by atoms with Gasteiger partial charge in [-0.25, -0.2) is 0 Å². The molecular weight excluding hydrogens is 497 g/mol. The van der Waals surface area contributed by atoms with Crippen LogP contribution in [0, 0.1) is 35.0 Å². The van der Waals surface area contributed by atoms with E-state index in [1.54, 1.807) is 4.90 Å². The molecule has 2 aromatic rings. The Labute approximate surface area is 214 Å². The first-order valence-electron chi connectivity index (χ1n) is 5.64. The molecule has 22 heavy (non-hydrogen) atoms. The summed E-state index contributed by atoms with van der Waals surface area (Å²) in [6.45, 7) is 2.92. The molecule has 0 amide bonds. The van der Waals surface area contributed by atoms with Gasteiger partial charge in [0.2, 0.25) is 0 Å². The normalized spacial score (nSPS) is 7.45. The van der Waals surface area contributed by atoms with Gasteiger partial charge in [0, 0.05) is 98.1 Å². The Bertz CT molecular complexity index is 368. The van der Waals surface area contributed by atoms with E-state index in [9.17, 15) is 0 Å². The van der Waals surface area contributed by atoms with Crippen molar-refractivity contribution >= 4 is 0 Å². The van der Waals surface area contributed by atoms with E-state index < -0.39 is 0 Å². The zero-order valence-corrected chi connectivity index (χ0v) is 22.5. The molecule has 2 rings (SSSR count). The summed E-state index contributed by atoms with van der Waals surface area (Å²) in [7, 11) is 6.96. The van der Waals surface area contributed by atoms with E-state index in [1.807, 2.05) is 43.3 Å². The van der Waals surface area contributed by atoms with Crippen LogP contribution in [0.2, 0.25) is 0 Å². The first-order chi connectivity index (χ1) is 8.24. The average molecular weight is 521 g/mol. The van der Waals surface area contributed by atoms with Gasteiger partial charge in [-0.3, -0.25) is 0 Å². The molecule has 2 aromatic carbocycles. The van der Waals surface area contributed by atoms with Crippen LogP contribution in [0.15, 0.2) is 54.6 Å². The third kappa shape index (κ3) is 16.6. The van der Waals surface area contributed by atoms with E-state index in [2.05, 4.69) is 38.4 Å². The van der Waals surface area contributed by atoms with Crippen molar-refractivity contribution in [2.24, 2.45) is 0 Å². The van der Waals surface area contributed by atoms with Crippen LogP contribution < -0.4 is 0 Å². The molecule has 1 nitrogen and oxygen atoms in total. The van der Waals surface area contributed by atoms with E-state index in [1.165, 1.54) is 11.1 Å². The second-order valence-corrected chi connectivity index (χ2v) is 3.65. The summed E-state index contributed by atoms with van der Waals surface area (Å²) in [5, 5.41) is 0. The molecule has 0 aliphatic rings. The summed E-state index contributed by atoms with van der Waals surface area (Å²) in [4.78, 5) is 1.62. The molecule has 0 saturated carbocycles. The van der Waals surface area contributed by atoms with Gasteiger partial charge in [-0.05, 0) is 0 Å². The van der Waals surface area contributed by atoms with Crippen molar-refractivity contribution in [1.29, 1.82) is 0 Å². The van der Waals surface area contributed by atoms with Gasteiger partial charge in [0.1, 0.15) is 0 Å². The van der Waals surface area contributed by atoms with Crippen molar-refractivity contribution in [2.75, 3.05) is 6.54 Å². The number of hydrogen-bond acceptors (Lipinski definition) is 1. The van der Waals surface area contributed by atoms with Gasteiger partial charge >= 0.3 is 0 Å². The van der Waals surface area contributed by atoms with Crippen molar-refractivity contribution < 1.29 is 98.1 Å². The fraction of sp³-hybridized carbons (Fsp3) is 0.111. The second kappa shape index (κ2) is 22.7. The predicted octanol–water partition coefficient (Wildman–Crippen LogP) is 4.94. The molecular formula is C18H24NY3-5. The van der Waals surface area contributed by atoms with Gasteiger partial charge in [0.25, 0.3) is 0 Å². The van der Waals surface area contributed by atoms with Crippen LogP contribution >= 0.6 is 0 Å². The minimum Gasteiger partial charge on any atom is -0.611 e. The Balaban J connectivity index is -0.0000000870. The zero-order valence-electron chi connectivity index (χ0n) is 14.0. The summed E-state index contributed by atoms with van der Waals surface area (Å²) in [6.07, 6.45) is 0. The van der Waals surface area contributed by atoms with Gasteiger partial charge in [-0.2, -0.15) is 30.3 Å². The second-order valence-electron chi connectivity index (χ2n) is 3.65. The van der Waals surface area contributed by atoms with Gasteiger partial charge in [0.15, 0.2) is 0 Å². The van der Waals surface area contributed by atoms with Crippen LogP contribution in [0.3, 0.4) is 0 Å². The standard InChI is InChI=1S/C12H9.C4H9N.2CH3.3Y/c1-3-7-11(8-4-1)12-9-5-2-6-10-12;1-4-5(2)3;;;;;/h1-5,7-10H;2-4H2,1H3;2*1H3;;;/q-1;-2;2*-1;;;. The Morgan fingerprint density at radius 2 is 1.32 bits per heavy atom. The quantitative estimate of drug-likeness (QED) is 0.507. The molecule has 4 heteroatoms. The maximum absolute atomic E-state index is 3.48. The van der Waals surface area contributed by atoms with Crippen molar-refractivity contribution in [3.05, 3.63) is 89.6 Å². The minimum atomic E-state index is 0. The Morgan fingerprint density at radius 1 is 0.864 bits per heavy atom. The maximum Gasteiger partial charge on any atom is 0 e. The molecule has 0 atom stereocenters. The largest absolute Gasteiger partial charge is 0.611 e. The third-order valence-corrected chi connectivity index (χ3v) is 2.26. The molecule has 0 heterocycles. The summed E-state index contributed by atoms with van der Waals surface area (Å²) in [5.74, 6) is 0. The van der Waals surface area contributed by atoms with Crippen LogP contribution in [0.25, 0.3) is 11.1 Å². The molecule has 0 aromatic heterocycles. The molecule has 0 aliphatic carbocycles. The molecule has 0 aliphatic heterocycles. The Hall–Kier alpha value is 1.71. The monoisotopic (exact) mass is 521 g/mol. The maximum atomic E-state index is 3.48. The number of nitrogens with zero attached hydrogens (tertiary/aromatic N) is 1. The van der Waals surface area contributed by atoms with Crippen LogP contribution in [-0.2, 0) is 98.1 Å². The van der Waals surface area contributed by atoms with E-state index in [0.717, 1.165) is 6.54 Å². The van der Waals surface area contributed by atoms with Crippen molar-refractivity contribution in [3.8, 4) is 11.1 Å². The first-order valence-corrected chi connectivity index (χ1v) is 5.64. The van der Waals surface area contributed by atoms with E-state index >= 15 is 0 Å². The summed E-state index contributed by atoms with van der Waals surface area (Å²) < 4.78 is 0. The van der Waals surface area contributed by atoms with E-state index in [4.69, 9.17) is 0 Å². The smallest absolute Gasteiger partial charge is 0 e. The van der Waals surface area contributed by atoms with Crippen LogP contribution in [0.4, 0.5) is 0 Å². The SMILES string of the molecule is [CH2-]N([CH2-])CC.[CH3-].[CH3-].[Y].[Y].[Y].[c-]1cccc(-c2ccccc2)c1. The fourth-order valence-electron chi connectivity index (χ4n) is 1.20. The Kier molecular flexibility index (Phi) is 36.1. The minimum absolute atomic E-state index is 0. The third-order valence-electron chi connectivity index (χ3n) is 2.26. The molecule has 0 N–H and O–H groups in total. The van der Waals surface area contributed by atoms with Crippen LogP contribution in [-0.4, -0.2) is 11.4 Å². The molecule has 115 valence electrons.